The molecular formula is C21H23ClN2O5. The fourth-order valence-corrected chi connectivity index (χ4v) is 3.37. The molecule has 2 aromatic rings. The fraction of sp³-hybridized carbons (Fsp3) is 0.333. The van der Waals surface area contributed by atoms with Crippen LogP contribution in [0, 0.1) is 6.92 Å². The zero-order chi connectivity index (χ0) is 20.8. The third kappa shape index (κ3) is 5.40. The lowest BCUT2D eigenvalue weighted by molar-refractivity contribution is 0.0302. The quantitative estimate of drug-likeness (QED) is 0.701. The molecule has 0 aromatic heterocycles. The highest BCUT2D eigenvalue weighted by molar-refractivity contribution is 6.32. The van der Waals surface area contributed by atoms with Crippen molar-refractivity contribution in [3.05, 3.63) is 52.5 Å². The van der Waals surface area contributed by atoms with Crippen molar-refractivity contribution in [3.8, 4) is 16.9 Å². The van der Waals surface area contributed by atoms with Crippen LogP contribution < -0.4 is 10.1 Å². The molecule has 3 rings (SSSR count). The van der Waals surface area contributed by atoms with Crippen molar-refractivity contribution in [1.82, 2.24) is 10.2 Å². The summed E-state index contributed by atoms with van der Waals surface area (Å²) < 4.78 is 10.8. The third-order valence-electron chi connectivity index (χ3n) is 4.66. The van der Waals surface area contributed by atoms with Gasteiger partial charge in [-0.05, 0) is 41.8 Å². The third-order valence-corrected chi connectivity index (χ3v) is 4.95. The maximum atomic E-state index is 12.7. The normalized spacial score (nSPS) is 13.8. The Morgan fingerprint density at radius 3 is 2.52 bits per heavy atom. The Hall–Kier alpha value is -2.77. The fourth-order valence-electron chi connectivity index (χ4n) is 3.14. The molecule has 0 spiro atoms. The van der Waals surface area contributed by atoms with Crippen molar-refractivity contribution < 1.29 is 24.2 Å². The molecule has 0 atom stereocenters. The van der Waals surface area contributed by atoms with Crippen LogP contribution in [-0.4, -0.2) is 61.5 Å². The van der Waals surface area contributed by atoms with Crippen LogP contribution in [0.2, 0.25) is 5.02 Å². The summed E-state index contributed by atoms with van der Waals surface area (Å²) in [5, 5.41) is 11.2. The number of nitrogens with one attached hydrogen (secondary N) is 1. The average Bonchev–Trinajstić information content (AvgIpc) is 2.72. The molecule has 1 heterocycles. The number of rotatable bonds is 6. The highest BCUT2D eigenvalue weighted by atomic mass is 35.5. The predicted molar refractivity (Wildman–Crippen MR) is 110 cm³/mol. The summed E-state index contributed by atoms with van der Waals surface area (Å²) >= 11 is 6.31. The first-order valence-electron chi connectivity index (χ1n) is 9.33. The van der Waals surface area contributed by atoms with Crippen LogP contribution in [0.3, 0.4) is 0 Å². The van der Waals surface area contributed by atoms with Gasteiger partial charge >= 0.3 is 6.09 Å². The van der Waals surface area contributed by atoms with E-state index in [0.717, 1.165) is 16.7 Å². The largest absolute Gasteiger partial charge is 0.490 e. The second kappa shape index (κ2) is 9.62. The number of amides is 2. The van der Waals surface area contributed by atoms with Gasteiger partial charge in [-0.15, -0.1) is 0 Å². The summed E-state index contributed by atoms with van der Waals surface area (Å²) in [6, 6.07) is 11.1. The summed E-state index contributed by atoms with van der Waals surface area (Å²) in [7, 11) is 0. The maximum Gasteiger partial charge on any atom is 0.404 e. The molecule has 0 unspecified atom stereocenters. The summed E-state index contributed by atoms with van der Waals surface area (Å²) in [6.45, 7) is 4.64. The highest BCUT2D eigenvalue weighted by Crippen LogP contribution is 2.31. The molecule has 0 radical (unpaired) electrons. The number of benzene rings is 2. The Morgan fingerprint density at radius 2 is 1.86 bits per heavy atom. The van der Waals surface area contributed by atoms with Crippen molar-refractivity contribution in [2.75, 3.05) is 39.5 Å². The van der Waals surface area contributed by atoms with Crippen LogP contribution in [0.25, 0.3) is 11.1 Å². The van der Waals surface area contributed by atoms with Gasteiger partial charge in [0.2, 0.25) is 0 Å². The minimum Gasteiger partial charge on any atom is -0.490 e. The van der Waals surface area contributed by atoms with Gasteiger partial charge in [0.1, 0.15) is 12.4 Å². The first kappa shape index (κ1) is 21.0. The van der Waals surface area contributed by atoms with Crippen LogP contribution in [0.1, 0.15) is 15.9 Å². The van der Waals surface area contributed by atoms with Crippen LogP contribution in [0.4, 0.5) is 4.79 Å². The molecule has 29 heavy (non-hydrogen) atoms. The monoisotopic (exact) mass is 418 g/mol. The van der Waals surface area contributed by atoms with Gasteiger partial charge in [-0.1, -0.05) is 29.8 Å². The molecule has 0 saturated carbocycles. The minimum atomic E-state index is -1.10. The number of aryl methyl sites for hydroxylation is 1. The molecule has 1 aliphatic rings. The number of hydrogen-bond donors (Lipinski definition) is 2. The van der Waals surface area contributed by atoms with Gasteiger partial charge in [0.05, 0.1) is 24.8 Å². The van der Waals surface area contributed by atoms with E-state index in [9.17, 15) is 9.59 Å². The first-order valence-corrected chi connectivity index (χ1v) is 9.70. The van der Waals surface area contributed by atoms with Crippen LogP contribution >= 0.6 is 11.6 Å². The Labute approximate surface area is 174 Å². The van der Waals surface area contributed by atoms with Gasteiger partial charge in [-0.2, -0.15) is 0 Å². The molecule has 2 N–H and O–H groups in total. The second-order valence-corrected chi connectivity index (χ2v) is 7.07. The van der Waals surface area contributed by atoms with Gasteiger partial charge in [0, 0.05) is 18.7 Å². The number of halogens is 1. The molecule has 2 aromatic carbocycles. The molecule has 1 saturated heterocycles. The second-order valence-electron chi connectivity index (χ2n) is 6.66. The van der Waals surface area contributed by atoms with Gasteiger partial charge < -0.3 is 24.8 Å². The van der Waals surface area contributed by atoms with Gasteiger partial charge in [0.25, 0.3) is 5.91 Å². The number of nitrogens with zero attached hydrogens (tertiary/aromatic N) is 1. The zero-order valence-electron chi connectivity index (χ0n) is 16.1. The molecule has 1 aliphatic heterocycles. The van der Waals surface area contributed by atoms with E-state index < -0.39 is 6.09 Å². The topological polar surface area (TPSA) is 88.1 Å². The van der Waals surface area contributed by atoms with E-state index >= 15 is 0 Å². The lowest BCUT2D eigenvalue weighted by atomic mass is 9.99. The summed E-state index contributed by atoms with van der Waals surface area (Å²) in [4.78, 5) is 25.0. The van der Waals surface area contributed by atoms with Crippen molar-refractivity contribution in [2.24, 2.45) is 0 Å². The lowest BCUT2D eigenvalue weighted by Crippen LogP contribution is -2.40. The van der Waals surface area contributed by atoms with Gasteiger partial charge in [-0.3, -0.25) is 4.79 Å². The highest BCUT2D eigenvalue weighted by Gasteiger charge is 2.20. The van der Waals surface area contributed by atoms with E-state index in [1.54, 1.807) is 12.1 Å². The van der Waals surface area contributed by atoms with Crippen molar-refractivity contribution >= 4 is 23.6 Å². The molecule has 8 heteroatoms. The summed E-state index contributed by atoms with van der Waals surface area (Å²) in [5.74, 6) is 0.507. The Bertz CT molecular complexity index is 897. The smallest absolute Gasteiger partial charge is 0.404 e. The number of hydrogen-bond acceptors (Lipinski definition) is 4. The summed E-state index contributed by atoms with van der Waals surface area (Å²) in [5.41, 5.74) is 3.43. The SMILES string of the molecule is Cc1cc(-c2ccc(OCCNC(=O)O)c(Cl)c2)ccc1C(=O)N1CCOCC1. The van der Waals surface area contributed by atoms with Crippen LogP contribution in [0.15, 0.2) is 36.4 Å². The zero-order valence-corrected chi connectivity index (χ0v) is 16.9. The van der Waals surface area contributed by atoms with E-state index in [-0.39, 0.29) is 19.1 Å². The van der Waals surface area contributed by atoms with Gasteiger partial charge in [-0.25, -0.2) is 4.79 Å². The molecule has 2 amide bonds. The van der Waals surface area contributed by atoms with E-state index in [4.69, 9.17) is 26.2 Å². The Kier molecular flexibility index (Phi) is 6.95. The van der Waals surface area contributed by atoms with E-state index in [1.165, 1.54) is 0 Å². The lowest BCUT2D eigenvalue weighted by Gasteiger charge is -2.27. The maximum absolute atomic E-state index is 12.7. The van der Waals surface area contributed by atoms with E-state index in [1.807, 2.05) is 36.1 Å². The summed E-state index contributed by atoms with van der Waals surface area (Å²) in [6.07, 6.45) is -1.10. The van der Waals surface area contributed by atoms with E-state index in [0.29, 0.717) is 42.6 Å². The molecule has 154 valence electrons. The minimum absolute atomic E-state index is 0.0223. The van der Waals surface area contributed by atoms with Crippen molar-refractivity contribution in [1.29, 1.82) is 0 Å². The van der Waals surface area contributed by atoms with E-state index in [2.05, 4.69) is 5.32 Å². The van der Waals surface area contributed by atoms with Crippen molar-refractivity contribution in [3.63, 3.8) is 0 Å². The molecule has 0 bridgehead atoms. The number of carboxylic acid groups (broad SMARTS) is 1. The molecular weight excluding hydrogens is 396 g/mol. The number of ether oxygens (including phenoxy) is 2. The predicted octanol–water partition coefficient (Wildman–Crippen LogP) is 3.43. The standard InChI is InChI=1S/C21H23ClN2O5/c1-14-12-15(2-4-17(14)20(25)24-7-10-28-11-8-24)16-3-5-19(18(22)13-16)29-9-6-23-21(26)27/h2-5,12-13,23H,6-11H2,1H3,(H,26,27). The van der Waals surface area contributed by atoms with Crippen LogP contribution in [0.5, 0.6) is 5.75 Å². The van der Waals surface area contributed by atoms with Gasteiger partial charge in [0.15, 0.2) is 0 Å². The van der Waals surface area contributed by atoms with Crippen LogP contribution in [-0.2, 0) is 4.74 Å². The Morgan fingerprint density at radius 1 is 1.17 bits per heavy atom. The first-order chi connectivity index (χ1) is 14.0. The molecule has 7 nitrogen and oxygen atoms in total. The van der Waals surface area contributed by atoms with Crippen molar-refractivity contribution in [2.45, 2.75) is 6.92 Å². The number of morpholine rings is 1. The number of carbonyl (C=O) groups excluding carboxylic acids is 1. The average molecular weight is 419 g/mol. The molecule has 0 aliphatic carbocycles. The molecule has 1 fully saturated rings. The Balaban J connectivity index is 1.70. The number of carbonyl (C=O) groups is 2.